The molecule has 26 heavy (non-hydrogen) atoms. The van der Waals surface area contributed by atoms with Gasteiger partial charge < -0.3 is 14.6 Å². The first kappa shape index (κ1) is 16.9. The van der Waals surface area contributed by atoms with Crippen LogP contribution in [-0.2, 0) is 19.4 Å². The number of imidazole rings is 1. The predicted molar refractivity (Wildman–Crippen MR) is 87.0 cm³/mol. The smallest absolute Gasteiger partial charge is 0.393 e. The molecule has 2 unspecified atom stereocenters. The molecule has 0 saturated heterocycles. The van der Waals surface area contributed by atoms with Crippen molar-refractivity contribution in [3.05, 3.63) is 47.5 Å². The third-order valence-electron chi connectivity index (χ3n) is 4.90. The van der Waals surface area contributed by atoms with Crippen LogP contribution in [0.1, 0.15) is 28.3 Å². The number of carbonyl (C=O) groups excluding carboxylic acids is 1. The minimum absolute atomic E-state index is 0.00875. The van der Waals surface area contributed by atoms with Crippen molar-refractivity contribution in [1.82, 2.24) is 14.9 Å². The van der Waals surface area contributed by atoms with Crippen LogP contribution < -0.4 is 10.1 Å². The Morgan fingerprint density at radius 3 is 2.92 bits per heavy atom. The predicted octanol–water partition coefficient (Wildman–Crippen LogP) is 2.74. The van der Waals surface area contributed by atoms with Gasteiger partial charge in [0.2, 0.25) is 0 Å². The summed E-state index contributed by atoms with van der Waals surface area (Å²) in [7, 11) is 0. The number of hydrogen-bond acceptors (Lipinski definition) is 3. The van der Waals surface area contributed by atoms with Crippen LogP contribution in [0, 0.1) is 5.92 Å². The molecule has 5 nitrogen and oxygen atoms in total. The molecule has 1 aromatic carbocycles. The lowest BCUT2D eigenvalue weighted by atomic mass is 9.99. The number of ether oxygens (including phenoxy) is 1. The number of nitrogens with one attached hydrogen (secondary N) is 1. The Morgan fingerprint density at radius 2 is 2.12 bits per heavy atom. The SMILES string of the molecule is O=C(NC1COc2ccccc2C1)c1cn2c(n1)CCC(C(F)(F)F)C2. The van der Waals surface area contributed by atoms with Gasteiger partial charge in [0.1, 0.15) is 23.9 Å². The van der Waals surface area contributed by atoms with Gasteiger partial charge in [-0.25, -0.2) is 4.98 Å². The van der Waals surface area contributed by atoms with Gasteiger partial charge in [-0.3, -0.25) is 4.79 Å². The van der Waals surface area contributed by atoms with Gasteiger partial charge in [-0.2, -0.15) is 13.2 Å². The van der Waals surface area contributed by atoms with E-state index in [9.17, 15) is 18.0 Å². The molecule has 1 amide bonds. The monoisotopic (exact) mass is 365 g/mol. The number of halogens is 3. The molecule has 4 rings (SSSR count). The Morgan fingerprint density at radius 1 is 1.31 bits per heavy atom. The number of benzene rings is 1. The van der Waals surface area contributed by atoms with E-state index in [2.05, 4.69) is 10.3 Å². The van der Waals surface area contributed by atoms with Gasteiger partial charge in [0.25, 0.3) is 5.91 Å². The van der Waals surface area contributed by atoms with Crippen LogP contribution in [-0.4, -0.2) is 34.3 Å². The highest BCUT2D eigenvalue weighted by molar-refractivity contribution is 5.92. The van der Waals surface area contributed by atoms with Crippen LogP contribution in [0.25, 0.3) is 0 Å². The maximum Gasteiger partial charge on any atom is 0.393 e. The summed E-state index contributed by atoms with van der Waals surface area (Å²) in [5.74, 6) is -0.429. The number of para-hydroxylation sites is 1. The van der Waals surface area contributed by atoms with Crippen molar-refractivity contribution in [2.45, 2.75) is 38.0 Å². The number of alkyl halides is 3. The molecule has 2 aliphatic rings. The fourth-order valence-electron chi connectivity index (χ4n) is 3.50. The van der Waals surface area contributed by atoms with Crippen molar-refractivity contribution in [1.29, 1.82) is 0 Å². The molecule has 1 N–H and O–H groups in total. The van der Waals surface area contributed by atoms with Crippen molar-refractivity contribution in [2.24, 2.45) is 5.92 Å². The highest BCUT2D eigenvalue weighted by Gasteiger charge is 2.41. The maximum absolute atomic E-state index is 12.9. The van der Waals surface area contributed by atoms with Gasteiger partial charge in [-0.1, -0.05) is 18.2 Å². The fourth-order valence-corrected chi connectivity index (χ4v) is 3.50. The van der Waals surface area contributed by atoms with Crippen molar-refractivity contribution >= 4 is 5.91 Å². The second-order valence-corrected chi connectivity index (χ2v) is 6.77. The summed E-state index contributed by atoms with van der Waals surface area (Å²) in [5, 5.41) is 2.86. The molecule has 2 aromatic rings. The number of fused-ring (bicyclic) bond motifs is 2. The first-order valence-corrected chi connectivity index (χ1v) is 8.54. The Labute approximate surface area is 148 Å². The van der Waals surface area contributed by atoms with E-state index >= 15 is 0 Å². The van der Waals surface area contributed by atoms with E-state index in [4.69, 9.17) is 4.74 Å². The van der Waals surface area contributed by atoms with E-state index in [0.29, 0.717) is 18.9 Å². The van der Waals surface area contributed by atoms with Crippen LogP contribution >= 0.6 is 0 Å². The summed E-state index contributed by atoms with van der Waals surface area (Å²) in [4.78, 5) is 16.7. The van der Waals surface area contributed by atoms with Crippen LogP contribution in [0.4, 0.5) is 13.2 Å². The number of nitrogens with zero attached hydrogens (tertiary/aromatic N) is 2. The van der Waals surface area contributed by atoms with Gasteiger partial charge in [0.05, 0.1) is 12.0 Å². The number of aromatic nitrogens is 2. The van der Waals surface area contributed by atoms with Gasteiger partial charge in [0.15, 0.2) is 0 Å². The van der Waals surface area contributed by atoms with Crippen LogP contribution in [0.2, 0.25) is 0 Å². The van der Waals surface area contributed by atoms with Crippen molar-refractivity contribution < 1.29 is 22.7 Å². The van der Waals surface area contributed by atoms with Gasteiger partial charge in [0, 0.05) is 19.2 Å². The lowest BCUT2D eigenvalue weighted by Gasteiger charge is -2.25. The lowest BCUT2D eigenvalue weighted by molar-refractivity contribution is -0.182. The molecule has 0 saturated carbocycles. The van der Waals surface area contributed by atoms with Crippen LogP contribution in [0.15, 0.2) is 30.5 Å². The fraction of sp³-hybridized carbons (Fsp3) is 0.444. The number of carbonyl (C=O) groups is 1. The Hall–Kier alpha value is -2.51. The number of rotatable bonds is 2. The van der Waals surface area contributed by atoms with Gasteiger partial charge in [-0.15, -0.1) is 0 Å². The molecule has 8 heteroatoms. The zero-order chi connectivity index (χ0) is 18.3. The quantitative estimate of drug-likeness (QED) is 0.890. The Bertz CT molecular complexity index is 831. The topological polar surface area (TPSA) is 56.1 Å². The second kappa shape index (κ2) is 6.34. The molecule has 3 heterocycles. The van der Waals surface area contributed by atoms with Crippen molar-refractivity contribution in [3.63, 3.8) is 0 Å². The summed E-state index contributed by atoms with van der Waals surface area (Å²) in [6.45, 7) is 0.172. The third-order valence-corrected chi connectivity index (χ3v) is 4.90. The van der Waals surface area contributed by atoms with E-state index in [1.54, 1.807) is 0 Å². The molecule has 0 bridgehead atoms. The van der Waals surface area contributed by atoms with Gasteiger partial charge in [-0.05, 0) is 24.5 Å². The maximum atomic E-state index is 12.9. The summed E-state index contributed by atoms with van der Waals surface area (Å²) >= 11 is 0. The third kappa shape index (κ3) is 3.27. The van der Waals surface area contributed by atoms with Crippen molar-refractivity contribution in [3.8, 4) is 5.75 Å². The van der Waals surface area contributed by atoms with E-state index in [-0.39, 0.29) is 37.0 Å². The standard InChI is InChI=1S/C18H18F3N3O2/c19-18(20,21)12-5-6-16-23-14(9-24(16)8-12)17(25)22-13-7-11-3-1-2-4-15(11)26-10-13/h1-4,9,12-13H,5-8,10H2,(H,22,25). The van der Waals surface area contributed by atoms with Gasteiger partial charge >= 0.3 is 6.18 Å². The molecule has 0 spiro atoms. The van der Waals surface area contributed by atoms with E-state index in [1.807, 2.05) is 24.3 Å². The molecule has 0 radical (unpaired) electrons. The van der Waals surface area contributed by atoms with Crippen molar-refractivity contribution in [2.75, 3.05) is 6.61 Å². The molecular weight excluding hydrogens is 347 g/mol. The number of hydrogen-bond donors (Lipinski definition) is 1. The highest BCUT2D eigenvalue weighted by Crippen LogP contribution is 2.34. The summed E-state index contributed by atoms with van der Waals surface area (Å²) in [6.07, 6.45) is -1.94. The Balaban J connectivity index is 1.43. The second-order valence-electron chi connectivity index (χ2n) is 6.77. The minimum Gasteiger partial charge on any atom is -0.491 e. The zero-order valence-corrected chi connectivity index (χ0v) is 13.9. The first-order chi connectivity index (χ1) is 12.4. The molecule has 0 fully saturated rings. The number of aryl methyl sites for hydroxylation is 1. The average molecular weight is 365 g/mol. The minimum atomic E-state index is -4.22. The zero-order valence-electron chi connectivity index (χ0n) is 13.9. The summed E-state index contributed by atoms with van der Waals surface area (Å²) in [5.41, 5.74) is 1.17. The normalized spacial score (nSPS) is 22.1. The lowest BCUT2D eigenvalue weighted by Crippen LogP contribution is -2.42. The summed E-state index contributed by atoms with van der Waals surface area (Å²) in [6, 6.07) is 7.43. The van der Waals surface area contributed by atoms with Crippen LogP contribution in [0.3, 0.4) is 0 Å². The van der Waals surface area contributed by atoms with E-state index < -0.39 is 12.1 Å². The van der Waals surface area contributed by atoms with E-state index in [1.165, 1.54) is 10.8 Å². The summed E-state index contributed by atoms with van der Waals surface area (Å²) < 4.78 is 45.8. The molecule has 138 valence electrons. The largest absolute Gasteiger partial charge is 0.491 e. The Kier molecular flexibility index (Phi) is 4.13. The highest BCUT2D eigenvalue weighted by atomic mass is 19.4. The molecule has 2 atom stereocenters. The number of amides is 1. The molecule has 1 aromatic heterocycles. The molecular formula is C18H18F3N3O2. The first-order valence-electron chi connectivity index (χ1n) is 8.54. The van der Waals surface area contributed by atoms with Crippen LogP contribution in [0.5, 0.6) is 5.75 Å². The molecule has 2 aliphatic heterocycles. The molecule has 0 aliphatic carbocycles. The van der Waals surface area contributed by atoms with E-state index in [0.717, 1.165) is 11.3 Å². The average Bonchev–Trinajstić information content (AvgIpc) is 3.04.